The van der Waals surface area contributed by atoms with Gasteiger partial charge in [0.25, 0.3) is 0 Å². The van der Waals surface area contributed by atoms with Crippen LogP contribution in [0.25, 0.3) is 0 Å². The van der Waals surface area contributed by atoms with Crippen LogP contribution < -0.4 is 4.74 Å². The molecule has 0 bridgehead atoms. The van der Waals surface area contributed by atoms with E-state index in [1.54, 1.807) is 18.0 Å². The van der Waals surface area contributed by atoms with Crippen LogP contribution in [0.2, 0.25) is 0 Å². The Kier molecular flexibility index (Phi) is 4.52. The lowest BCUT2D eigenvalue weighted by Crippen LogP contribution is -2.43. The maximum Gasteiger partial charge on any atom is 0.226 e. The molecular weight excluding hydrogens is 307 g/mol. The molecule has 124 valence electrons. The van der Waals surface area contributed by atoms with E-state index in [4.69, 9.17) is 4.74 Å². The highest BCUT2D eigenvalue weighted by Crippen LogP contribution is 2.42. The van der Waals surface area contributed by atoms with Crippen LogP contribution in [0.4, 0.5) is 4.39 Å². The molecule has 0 aromatic heterocycles. The minimum Gasteiger partial charge on any atom is -0.487 e. The van der Waals surface area contributed by atoms with E-state index in [-0.39, 0.29) is 17.7 Å². The fraction of sp³-hybridized carbons (Fsp3) is 0.600. The number of hydrogen-bond acceptors (Lipinski definition) is 4. The molecule has 2 rings (SSSR count). The molecule has 0 fully saturated rings. The van der Waals surface area contributed by atoms with Crippen molar-refractivity contribution in [3.63, 3.8) is 0 Å². The van der Waals surface area contributed by atoms with Crippen LogP contribution >= 0.6 is 0 Å². The first-order valence-corrected chi connectivity index (χ1v) is 8.72. The molecule has 1 aromatic rings. The van der Waals surface area contributed by atoms with Crippen LogP contribution in [0, 0.1) is 5.82 Å². The van der Waals surface area contributed by atoms with Gasteiger partial charge in [0.05, 0.1) is 0 Å². The van der Waals surface area contributed by atoms with Crippen molar-refractivity contribution in [3.05, 3.63) is 29.6 Å². The van der Waals surface area contributed by atoms with E-state index >= 15 is 0 Å². The van der Waals surface area contributed by atoms with Gasteiger partial charge < -0.3 is 4.74 Å². The monoisotopic (exact) mass is 330 g/mol. The molecule has 1 aliphatic rings. The Morgan fingerprint density at radius 3 is 2.55 bits per heavy atom. The van der Waals surface area contributed by atoms with Gasteiger partial charge >= 0.3 is 0 Å². The molecule has 1 aromatic carbocycles. The van der Waals surface area contributed by atoms with E-state index in [1.165, 1.54) is 30.5 Å². The van der Waals surface area contributed by atoms with E-state index in [2.05, 4.69) is 0 Å². The molecule has 0 radical (unpaired) electrons. The molecule has 0 N–H and O–H groups in total. The minimum absolute atomic E-state index is 0.128. The summed E-state index contributed by atoms with van der Waals surface area (Å²) in [6.45, 7) is 3.89. The van der Waals surface area contributed by atoms with Crippen LogP contribution in [0.3, 0.4) is 0 Å². The zero-order valence-corrected chi connectivity index (χ0v) is 14.4. The van der Waals surface area contributed by atoms with Gasteiger partial charge in [-0.2, -0.15) is 0 Å². The van der Waals surface area contributed by atoms with Crippen molar-refractivity contribution >= 4 is 10.0 Å². The molecule has 1 heterocycles. The fourth-order valence-corrected chi connectivity index (χ4v) is 3.57. The molecule has 1 atom stereocenters. The van der Waals surface area contributed by atoms with Crippen molar-refractivity contribution in [3.8, 4) is 5.75 Å². The first kappa shape index (κ1) is 17.2. The van der Waals surface area contributed by atoms with Gasteiger partial charge in [0.15, 0.2) is 0 Å². The van der Waals surface area contributed by atoms with Gasteiger partial charge in [0, 0.05) is 32.1 Å². The highest BCUT2D eigenvalue weighted by Gasteiger charge is 2.37. The maximum atomic E-state index is 13.6. The van der Waals surface area contributed by atoms with E-state index in [0.717, 1.165) is 0 Å². The molecule has 22 heavy (non-hydrogen) atoms. The molecule has 7 heteroatoms. The Morgan fingerprint density at radius 1 is 1.32 bits per heavy atom. The third-order valence-corrected chi connectivity index (χ3v) is 5.70. The third kappa shape index (κ3) is 3.59. The molecule has 1 unspecified atom stereocenters. The van der Waals surface area contributed by atoms with Gasteiger partial charge in [0.1, 0.15) is 23.0 Å². The molecule has 0 saturated heterocycles. The normalized spacial score (nSPS) is 20.8. The molecule has 1 aliphatic heterocycles. The summed E-state index contributed by atoms with van der Waals surface area (Å²) < 4.78 is 44.9. The lowest BCUT2D eigenvalue weighted by atomic mass is 9.89. The number of benzene rings is 1. The molecule has 0 spiro atoms. The molecule has 0 aliphatic carbocycles. The summed E-state index contributed by atoms with van der Waals surface area (Å²) in [6, 6.07) is 4.17. The highest BCUT2D eigenvalue weighted by atomic mass is 32.2. The topological polar surface area (TPSA) is 49.9 Å². The molecule has 0 saturated carbocycles. The average Bonchev–Trinajstić information content (AvgIpc) is 2.37. The zero-order chi connectivity index (χ0) is 16.7. The number of rotatable bonds is 4. The second kappa shape index (κ2) is 5.79. The lowest BCUT2D eigenvalue weighted by molar-refractivity contribution is 0.0412. The Balaban J connectivity index is 2.36. The Hall–Kier alpha value is -1.18. The van der Waals surface area contributed by atoms with Crippen LogP contribution in [0.15, 0.2) is 18.2 Å². The van der Waals surface area contributed by atoms with Gasteiger partial charge in [-0.15, -0.1) is 0 Å². The fourth-order valence-electron chi connectivity index (χ4n) is 2.64. The summed E-state index contributed by atoms with van der Waals surface area (Å²) in [7, 11) is 1.38. The number of fused-ring (bicyclic) bond motifs is 1. The van der Waals surface area contributed by atoms with Crippen molar-refractivity contribution in [2.45, 2.75) is 31.9 Å². The van der Waals surface area contributed by atoms with Crippen molar-refractivity contribution in [2.24, 2.45) is 0 Å². The van der Waals surface area contributed by atoms with Crippen molar-refractivity contribution in [2.75, 3.05) is 27.0 Å². The summed E-state index contributed by atoms with van der Waals surface area (Å²) in [4.78, 5) is 1.73. The second-order valence-electron chi connectivity index (χ2n) is 6.54. The number of halogens is 1. The molecular formula is C15H23FN2O3S. The molecule has 0 amide bonds. The average molecular weight is 330 g/mol. The van der Waals surface area contributed by atoms with Gasteiger partial charge in [-0.25, -0.2) is 17.1 Å². The second-order valence-corrected chi connectivity index (χ2v) is 8.70. The molecule has 5 nitrogen and oxygen atoms in total. The Bertz CT molecular complexity index is 659. The predicted molar refractivity (Wildman–Crippen MR) is 83.7 cm³/mol. The van der Waals surface area contributed by atoms with Crippen LogP contribution in [-0.2, 0) is 10.0 Å². The zero-order valence-electron chi connectivity index (χ0n) is 13.6. The third-order valence-electron chi connectivity index (χ3n) is 3.86. The largest absolute Gasteiger partial charge is 0.487 e. The smallest absolute Gasteiger partial charge is 0.226 e. The summed E-state index contributed by atoms with van der Waals surface area (Å²) in [5, 5.41) is 0. The summed E-state index contributed by atoms with van der Waals surface area (Å²) >= 11 is 0. The summed E-state index contributed by atoms with van der Waals surface area (Å²) in [6.07, 6.45) is 0.586. The summed E-state index contributed by atoms with van der Waals surface area (Å²) in [5.41, 5.74) is 0.252. The van der Waals surface area contributed by atoms with E-state index in [0.29, 0.717) is 17.7 Å². The minimum atomic E-state index is -3.37. The maximum absolute atomic E-state index is 13.6. The number of nitrogens with zero attached hydrogens (tertiary/aromatic N) is 2. The Morgan fingerprint density at radius 2 is 1.95 bits per heavy atom. The van der Waals surface area contributed by atoms with Crippen LogP contribution in [0.5, 0.6) is 5.75 Å². The predicted octanol–water partition coefficient (Wildman–Crippen LogP) is 2.21. The quantitative estimate of drug-likeness (QED) is 0.849. The lowest BCUT2D eigenvalue weighted by Gasteiger charge is -2.41. The first-order chi connectivity index (χ1) is 10.0. The van der Waals surface area contributed by atoms with Gasteiger partial charge in [0.2, 0.25) is 10.0 Å². The van der Waals surface area contributed by atoms with E-state index in [1.807, 2.05) is 13.8 Å². The van der Waals surface area contributed by atoms with Crippen LogP contribution in [0.1, 0.15) is 31.9 Å². The van der Waals surface area contributed by atoms with Gasteiger partial charge in [-0.1, -0.05) is 0 Å². The highest BCUT2D eigenvalue weighted by molar-refractivity contribution is 7.88. The van der Waals surface area contributed by atoms with Crippen LogP contribution in [-0.4, -0.2) is 50.2 Å². The first-order valence-electron chi connectivity index (χ1n) is 7.11. The van der Waals surface area contributed by atoms with Gasteiger partial charge in [-0.3, -0.25) is 4.90 Å². The number of hydrogen-bond donors (Lipinski definition) is 0. The number of sulfonamides is 1. The van der Waals surface area contributed by atoms with Gasteiger partial charge in [-0.05, 0) is 39.1 Å². The summed E-state index contributed by atoms with van der Waals surface area (Å²) in [5.74, 6) is 0.129. The SMILES string of the molecule is CN(CS(=O)(=O)N(C)C)C1CC(C)(C)Oc2ccc(F)cc21. The van der Waals surface area contributed by atoms with Crippen molar-refractivity contribution in [1.82, 2.24) is 9.21 Å². The van der Waals surface area contributed by atoms with E-state index in [9.17, 15) is 12.8 Å². The Labute approximate surface area is 131 Å². The van der Waals surface area contributed by atoms with Crippen molar-refractivity contribution in [1.29, 1.82) is 0 Å². The standard InChI is InChI=1S/C15H23FN2O3S/c1-15(2)9-13(18(5)10-22(19,20)17(3)4)12-8-11(16)6-7-14(12)21-15/h6-8,13H,9-10H2,1-5H3. The van der Waals surface area contributed by atoms with E-state index < -0.39 is 15.6 Å². The van der Waals surface area contributed by atoms with Crippen molar-refractivity contribution < 1.29 is 17.5 Å². The number of ether oxygens (including phenoxy) is 1.